The van der Waals surface area contributed by atoms with E-state index in [1.54, 1.807) is 0 Å². The minimum absolute atomic E-state index is 0.0529. The number of hydrogen-bond donors (Lipinski definition) is 1. The van der Waals surface area contributed by atoms with Crippen LogP contribution in [0.25, 0.3) is 0 Å². The number of benzene rings is 1. The van der Waals surface area contributed by atoms with Crippen molar-refractivity contribution in [1.82, 2.24) is 4.72 Å². The second kappa shape index (κ2) is 4.94. The molecule has 0 aliphatic rings. The van der Waals surface area contributed by atoms with E-state index in [1.165, 1.54) is 32.0 Å². The number of halogens is 2. The third kappa shape index (κ3) is 3.68. The van der Waals surface area contributed by atoms with E-state index in [4.69, 9.17) is 16.9 Å². The van der Waals surface area contributed by atoms with Crippen LogP contribution in [0.15, 0.2) is 27.6 Å². The van der Waals surface area contributed by atoms with E-state index < -0.39 is 15.6 Å². The fraction of sp³-hybridized carbons (Fsp3) is 0.300. The second-order valence-electron chi connectivity index (χ2n) is 3.92. The topological polar surface area (TPSA) is 70.0 Å². The van der Waals surface area contributed by atoms with Gasteiger partial charge in [0.1, 0.15) is 5.54 Å². The quantitative estimate of drug-likeness (QED) is 0.922. The highest BCUT2D eigenvalue weighted by Crippen LogP contribution is 2.25. The van der Waals surface area contributed by atoms with Gasteiger partial charge in [-0.05, 0) is 48.0 Å². The van der Waals surface area contributed by atoms with Crippen molar-refractivity contribution in [2.75, 3.05) is 0 Å². The van der Waals surface area contributed by atoms with Crippen LogP contribution in [-0.4, -0.2) is 14.0 Å². The molecule has 7 heteroatoms. The van der Waals surface area contributed by atoms with Crippen LogP contribution in [0.5, 0.6) is 0 Å². The summed E-state index contributed by atoms with van der Waals surface area (Å²) in [6.45, 7) is 2.96. The van der Waals surface area contributed by atoms with Gasteiger partial charge in [-0.15, -0.1) is 0 Å². The zero-order valence-corrected chi connectivity index (χ0v) is 12.3. The predicted octanol–water partition coefficient (Wildman–Crippen LogP) is 2.68. The fourth-order valence-electron chi connectivity index (χ4n) is 1.06. The lowest BCUT2D eigenvalue weighted by molar-refractivity contribution is 0.535. The van der Waals surface area contributed by atoms with Crippen LogP contribution in [0.3, 0.4) is 0 Å². The maximum absolute atomic E-state index is 11.9. The largest absolute Gasteiger partial charge is 0.241 e. The van der Waals surface area contributed by atoms with Crippen LogP contribution in [0.4, 0.5) is 0 Å². The maximum Gasteiger partial charge on any atom is 0.241 e. The normalized spacial score (nSPS) is 12.2. The van der Waals surface area contributed by atoms with Gasteiger partial charge in [0.05, 0.1) is 16.0 Å². The predicted molar refractivity (Wildman–Crippen MR) is 69.2 cm³/mol. The molecule has 0 spiro atoms. The number of hydrogen-bond acceptors (Lipinski definition) is 3. The molecule has 0 aliphatic heterocycles. The molecule has 1 aromatic rings. The zero-order valence-electron chi connectivity index (χ0n) is 9.16. The van der Waals surface area contributed by atoms with Crippen LogP contribution in [-0.2, 0) is 10.0 Å². The summed E-state index contributed by atoms with van der Waals surface area (Å²) in [5.41, 5.74) is -1.16. The third-order valence-electron chi connectivity index (χ3n) is 1.87. The van der Waals surface area contributed by atoms with Crippen molar-refractivity contribution in [3.63, 3.8) is 0 Å². The molecule has 0 heterocycles. The summed E-state index contributed by atoms with van der Waals surface area (Å²) in [6, 6.07) is 6.10. The van der Waals surface area contributed by atoms with Crippen LogP contribution < -0.4 is 4.72 Å². The van der Waals surface area contributed by atoms with E-state index in [0.29, 0.717) is 9.50 Å². The number of nitriles is 1. The standard InChI is InChI=1S/C10H10BrClN2O2S/c1-10(2,6-13)14-17(15,16)7-3-4-9(12)8(11)5-7/h3-5,14H,1-2H3. The van der Waals surface area contributed by atoms with Crippen molar-refractivity contribution in [2.45, 2.75) is 24.3 Å². The van der Waals surface area contributed by atoms with Crippen LogP contribution in [0.1, 0.15) is 13.8 Å². The van der Waals surface area contributed by atoms with Gasteiger partial charge in [0, 0.05) is 4.47 Å². The Morgan fingerprint density at radius 3 is 2.53 bits per heavy atom. The average Bonchev–Trinajstić information content (AvgIpc) is 2.20. The summed E-state index contributed by atoms with van der Waals surface area (Å²) in [7, 11) is -3.73. The lowest BCUT2D eigenvalue weighted by Gasteiger charge is -2.17. The molecule has 0 radical (unpaired) electrons. The summed E-state index contributed by atoms with van der Waals surface area (Å²) in [5.74, 6) is 0. The molecule has 1 rings (SSSR count). The third-order valence-corrected chi connectivity index (χ3v) is 4.74. The molecule has 0 fully saturated rings. The highest BCUT2D eigenvalue weighted by atomic mass is 79.9. The molecule has 4 nitrogen and oxygen atoms in total. The number of sulfonamides is 1. The molecule has 0 unspecified atom stereocenters. The molecule has 0 atom stereocenters. The minimum Gasteiger partial charge on any atom is -0.207 e. The lowest BCUT2D eigenvalue weighted by atomic mass is 10.1. The Morgan fingerprint density at radius 2 is 2.06 bits per heavy atom. The smallest absolute Gasteiger partial charge is 0.207 e. The Labute approximate surface area is 114 Å². The Hall–Kier alpha value is -0.610. The molecule has 0 saturated heterocycles. The van der Waals surface area contributed by atoms with Gasteiger partial charge in [0.2, 0.25) is 10.0 Å². The van der Waals surface area contributed by atoms with Crippen molar-refractivity contribution in [1.29, 1.82) is 5.26 Å². The van der Waals surface area contributed by atoms with E-state index >= 15 is 0 Å². The molecule has 0 aromatic heterocycles. The lowest BCUT2D eigenvalue weighted by Crippen LogP contribution is -2.41. The fourth-order valence-corrected chi connectivity index (χ4v) is 3.07. The van der Waals surface area contributed by atoms with Crippen molar-refractivity contribution in [3.8, 4) is 6.07 Å². The Bertz CT molecular complexity index is 578. The number of nitrogens with zero attached hydrogens (tertiary/aromatic N) is 1. The average molecular weight is 338 g/mol. The van der Waals surface area contributed by atoms with Crippen LogP contribution in [0, 0.1) is 11.3 Å². The maximum atomic E-state index is 11.9. The van der Waals surface area contributed by atoms with E-state index in [-0.39, 0.29) is 4.90 Å². The Balaban J connectivity index is 3.16. The minimum atomic E-state index is -3.73. The summed E-state index contributed by atoms with van der Waals surface area (Å²) >= 11 is 8.92. The van der Waals surface area contributed by atoms with Crippen LogP contribution in [0.2, 0.25) is 5.02 Å². The summed E-state index contributed by atoms with van der Waals surface area (Å²) < 4.78 is 26.7. The highest BCUT2D eigenvalue weighted by molar-refractivity contribution is 9.10. The molecule has 92 valence electrons. The number of rotatable bonds is 3. The highest BCUT2D eigenvalue weighted by Gasteiger charge is 2.26. The molecule has 1 N–H and O–H groups in total. The first-order chi connectivity index (χ1) is 7.68. The number of nitrogens with one attached hydrogen (secondary N) is 1. The van der Waals surface area contributed by atoms with Gasteiger partial charge in [0.15, 0.2) is 0 Å². The van der Waals surface area contributed by atoms with Crippen LogP contribution >= 0.6 is 27.5 Å². The van der Waals surface area contributed by atoms with Gasteiger partial charge < -0.3 is 0 Å². The van der Waals surface area contributed by atoms with E-state index in [1.807, 2.05) is 6.07 Å². The van der Waals surface area contributed by atoms with Gasteiger partial charge in [-0.1, -0.05) is 11.6 Å². The molecular formula is C10H10BrClN2O2S. The SMILES string of the molecule is CC(C)(C#N)NS(=O)(=O)c1ccc(Cl)c(Br)c1. The van der Waals surface area contributed by atoms with E-state index in [0.717, 1.165) is 0 Å². The van der Waals surface area contributed by atoms with Gasteiger partial charge in [-0.2, -0.15) is 9.98 Å². The Morgan fingerprint density at radius 1 is 1.47 bits per heavy atom. The first-order valence-electron chi connectivity index (χ1n) is 4.58. The summed E-state index contributed by atoms with van der Waals surface area (Å²) in [6.07, 6.45) is 0. The molecule has 17 heavy (non-hydrogen) atoms. The molecular weight excluding hydrogens is 328 g/mol. The molecule has 0 amide bonds. The summed E-state index contributed by atoms with van der Waals surface area (Å²) in [4.78, 5) is 0.0529. The van der Waals surface area contributed by atoms with Crippen molar-refractivity contribution < 1.29 is 8.42 Å². The molecule has 0 aliphatic carbocycles. The van der Waals surface area contributed by atoms with Crippen molar-refractivity contribution in [2.24, 2.45) is 0 Å². The van der Waals surface area contributed by atoms with E-state index in [9.17, 15) is 8.42 Å². The van der Waals surface area contributed by atoms with Gasteiger partial charge >= 0.3 is 0 Å². The van der Waals surface area contributed by atoms with Crippen molar-refractivity contribution >= 4 is 37.6 Å². The van der Waals surface area contributed by atoms with Gasteiger partial charge in [-0.3, -0.25) is 0 Å². The molecule has 0 saturated carbocycles. The van der Waals surface area contributed by atoms with Crippen molar-refractivity contribution in [3.05, 3.63) is 27.7 Å². The molecule has 1 aromatic carbocycles. The monoisotopic (exact) mass is 336 g/mol. The van der Waals surface area contributed by atoms with Gasteiger partial charge in [-0.25, -0.2) is 8.42 Å². The zero-order chi connectivity index (χ0) is 13.3. The first-order valence-corrected chi connectivity index (χ1v) is 7.24. The first kappa shape index (κ1) is 14.5. The second-order valence-corrected chi connectivity index (χ2v) is 6.86. The van der Waals surface area contributed by atoms with Gasteiger partial charge in [0.25, 0.3) is 0 Å². The summed E-state index contributed by atoms with van der Waals surface area (Å²) in [5, 5.41) is 9.22. The molecule has 0 bridgehead atoms. The van der Waals surface area contributed by atoms with E-state index in [2.05, 4.69) is 20.7 Å². The Kier molecular flexibility index (Phi) is 4.20.